The van der Waals surface area contributed by atoms with Crippen LogP contribution in [0, 0.1) is 0 Å². The summed E-state index contributed by atoms with van der Waals surface area (Å²) in [7, 11) is 0. The summed E-state index contributed by atoms with van der Waals surface area (Å²) in [6.07, 6.45) is 1.57. The van der Waals surface area contributed by atoms with E-state index in [1.165, 1.54) is 6.92 Å². The van der Waals surface area contributed by atoms with E-state index in [-0.39, 0.29) is 6.73 Å². The van der Waals surface area contributed by atoms with Gasteiger partial charge in [-0.2, -0.15) is 0 Å². The van der Waals surface area contributed by atoms with Gasteiger partial charge in [0.2, 0.25) is 0 Å². The van der Waals surface area contributed by atoms with E-state index in [2.05, 4.69) is 0 Å². The van der Waals surface area contributed by atoms with Gasteiger partial charge in [-0.05, 0) is 17.7 Å². The molecule has 0 saturated carbocycles. The third kappa shape index (κ3) is 2.72. The zero-order valence-electron chi connectivity index (χ0n) is 9.76. The van der Waals surface area contributed by atoms with Crippen LogP contribution in [0.15, 0.2) is 36.5 Å². The lowest BCUT2D eigenvalue weighted by Gasteiger charge is -2.05. The molecular weight excluding hydrogens is 254 g/mol. The van der Waals surface area contributed by atoms with Gasteiger partial charge in [-0.25, -0.2) is 0 Å². The first-order valence-corrected chi connectivity index (χ1v) is 5.73. The Labute approximate surface area is 109 Å². The maximum absolute atomic E-state index is 10.9. The summed E-state index contributed by atoms with van der Waals surface area (Å²) in [5.74, 6) is -0.00532. The monoisotopic (exact) mass is 265 g/mol. The molecule has 94 valence electrons. The lowest BCUT2D eigenvalue weighted by Crippen LogP contribution is -2.00. The van der Waals surface area contributed by atoms with Gasteiger partial charge in [0.25, 0.3) is 0 Å². The molecule has 5 heteroatoms. The Hall–Kier alpha value is -1.78. The van der Waals surface area contributed by atoms with Crippen molar-refractivity contribution in [1.29, 1.82) is 0 Å². The third-order valence-electron chi connectivity index (χ3n) is 2.41. The van der Waals surface area contributed by atoms with E-state index in [0.717, 1.165) is 11.3 Å². The number of benzene rings is 1. The van der Waals surface area contributed by atoms with Crippen molar-refractivity contribution < 1.29 is 14.6 Å². The Balaban J connectivity index is 2.43. The van der Waals surface area contributed by atoms with Gasteiger partial charge in [-0.3, -0.25) is 4.79 Å². The molecule has 1 aromatic carbocycles. The number of carbonyl (C=O) groups excluding carboxylic acids is 1. The van der Waals surface area contributed by atoms with Gasteiger partial charge in [-0.1, -0.05) is 23.7 Å². The molecule has 0 aliphatic heterocycles. The predicted molar refractivity (Wildman–Crippen MR) is 68.4 cm³/mol. The predicted octanol–water partition coefficient (Wildman–Crippen LogP) is 2.68. The highest BCUT2D eigenvalue weighted by molar-refractivity contribution is 6.30. The number of ether oxygens (including phenoxy) is 1. The SMILES string of the molecule is CC(=O)Oc1cc(-c2cccc(Cl)c2)n(CO)c1. The normalized spacial score (nSPS) is 10.4. The van der Waals surface area contributed by atoms with Crippen LogP contribution in [-0.2, 0) is 11.5 Å². The Morgan fingerprint density at radius 1 is 1.44 bits per heavy atom. The van der Waals surface area contributed by atoms with Crippen molar-refractivity contribution in [2.24, 2.45) is 0 Å². The van der Waals surface area contributed by atoms with Gasteiger partial charge in [0, 0.05) is 24.2 Å². The topological polar surface area (TPSA) is 51.5 Å². The summed E-state index contributed by atoms with van der Waals surface area (Å²) in [5, 5.41) is 9.89. The lowest BCUT2D eigenvalue weighted by atomic mass is 10.1. The number of rotatable bonds is 3. The minimum atomic E-state index is -0.400. The van der Waals surface area contributed by atoms with E-state index < -0.39 is 5.97 Å². The number of nitrogens with zero attached hydrogens (tertiary/aromatic N) is 1. The molecule has 1 N–H and O–H groups in total. The van der Waals surface area contributed by atoms with Crippen molar-refractivity contribution in [1.82, 2.24) is 4.57 Å². The van der Waals surface area contributed by atoms with Crippen LogP contribution in [0.25, 0.3) is 11.3 Å². The van der Waals surface area contributed by atoms with E-state index >= 15 is 0 Å². The largest absolute Gasteiger partial charge is 0.425 e. The molecule has 0 aliphatic carbocycles. The first kappa shape index (κ1) is 12.7. The average molecular weight is 266 g/mol. The van der Waals surface area contributed by atoms with Crippen LogP contribution >= 0.6 is 11.6 Å². The molecule has 2 aromatic rings. The lowest BCUT2D eigenvalue weighted by molar-refractivity contribution is -0.131. The fraction of sp³-hybridized carbons (Fsp3) is 0.154. The summed E-state index contributed by atoms with van der Waals surface area (Å²) < 4.78 is 6.56. The van der Waals surface area contributed by atoms with E-state index in [9.17, 15) is 9.90 Å². The standard InChI is InChI=1S/C13H12ClNO3/c1-9(17)18-12-6-13(15(7-12)8-16)10-3-2-4-11(14)5-10/h2-7,16H,8H2,1H3. The summed E-state index contributed by atoms with van der Waals surface area (Å²) in [6, 6.07) is 8.91. The highest BCUT2D eigenvalue weighted by Gasteiger charge is 2.10. The summed E-state index contributed by atoms with van der Waals surface area (Å²) in [4.78, 5) is 10.9. The fourth-order valence-electron chi connectivity index (χ4n) is 1.71. The Morgan fingerprint density at radius 2 is 2.22 bits per heavy atom. The first-order chi connectivity index (χ1) is 8.60. The third-order valence-corrected chi connectivity index (χ3v) is 2.64. The van der Waals surface area contributed by atoms with Crippen molar-refractivity contribution in [2.75, 3.05) is 0 Å². The van der Waals surface area contributed by atoms with Gasteiger partial charge >= 0.3 is 5.97 Å². The first-order valence-electron chi connectivity index (χ1n) is 5.35. The maximum Gasteiger partial charge on any atom is 0.308 e. The zero-order chi connectivity index (χ0) is 13.1. The minimum absolute atomic E-state index is 0.205. The molecule has 0 radical (unpaired) electrons. The number of aromatic nitrogens is 1. The molecule has 0 spiro atoms. The van der Waals surface area contributed by atoms with E-state index in [4.69, 9.17) is 16.3 Å². The summed E-state index contributed by atoms with van der Waals surface area (Å²) in [6.45, 7) is 1.12. The van der Waals surface area contributed by atoms with Gasteiger partial charge in [-0.15, -0.1) is 0 Å². The number of esters is 1. The Morgan fingerprint density at radius 3 is 2.83 bits per heavy atom. The molecule has 0 aliphatic rings. The second-order valence-electron chi connectivity index (χ2n) is 3.78. The van der Waals surface area contributed by atoms with Gasteiger partial charge in [0.15, 0.2) is 0 Å². The second-order valence-corrected chi connectivity index (χ2v) is 4.21. The Bertz CT molecular complexity index is 577. The smallest absolute Gasteiger partial charge is 0.308 e. The molecule has 0 atom stereocenters. The quantitative estimate of drug-likeness (QED) is 0.868. The number of hydrogen-bond acceptors (Lipinski definition) is 3. The Kier molecular flexibility index (Phi) is 3.69. The molecule has 0 fully saturated rings. The molecule has 0 unspecified atom stereocenters. The van der Waals surface area contributed by atoms with Crippen LogP contribution < -0.4 is 4.74 Å². The van der Waals surface area contributed by atoms with Crippen molar-refractivity contribution in [2.45, 2.75) is 13.7 Å². The minimum Gasteiger partial charge on any atom is -0.425 e. The van der Waals surface area contributed by atoms with Gasteiger partial charge in [0.1, 0.15) is 12.5 Å². The highest BCUT2D eigenvalue weighted by atomic mass is 35.5. The van der Waals surface area contributed by atoms with E-state index in [0.29, 0.717) is 10.8 Å². The van der Waals surface area contributed by atoms with Crippen molar-refractivity contribution in [3.63, 3.8) is 0 Å². The number of halogens is 1. The van der Waals surface area contributed by atoms with Crippen molar-refractivity contribution in [3.8, 4) is 17.0 Å². The molecule has 0 amide bonds. The molecule has 4 nitrogen and oxygen atoms in total. The maximum atomic E-state index is 10.9. The van der Waals surface area contributed by atoms with Crippen LogP contribution in [-0.4, -0.2) is 15.6 Å². The van der Waals surface area contributed by atoms with E-state index in [1.807, 2.05) is 12.1 Å². The number of carbonyl (C=O) groups is 1. The van der Waals surface area contributed by atoms with Crippen LogP contribution in [0.3, 0.4) is 0 Å². The summed E-state index contributed by atoms with van der Waals surface area (Å²) in [5.41, 5.74) is 1.58. The fourth-order valence-corrected chi connectivity index (χ4v) is 1.90. The van der Waals surface area contributed by atoms with Crippen molar-refractivity contribution in [3.05, 3.63) is 41.6 Å². The van der Waals surface area contributed by atoms with Crippen LogP contribution in [0.4, 0.5) is 0 Å². The van der Waals surface area contributed by atoms with Crippen LogP contribution in [0.1, 0.15) is 6.92 Å². The molecule has 1 aromatic heterocycles. The molecule has 18 heavy (non-hydrogen) atoms. The van der Waals surface area contributed by atoms with Crippen LogP contribution in [0.5, 0.6) is 5.75 Å². The average Bonchev–Trinajstić information content (AvgIpc) is 2.71. The zero-order valence-corrected chi connectivity index (χ0v) is 10.5. The van der Waals surface area contributed by atoms with Crippen molar-refractivity contribution >= 4 is 17.6 Å². The highest BCUT2D eigenvalue weighted by Crippen LogP contribution is 2.28. The number of aliphatic hydroxyl groups excluding tert-OH is 1. The molecular formula is C13H12ClNO3. The molecule has 0 bridgehead atoms. The second kappa shape index (κ2) is 5.25. The van der Waals surface area contributed by atoms with Gasteiger partial charge < -0.3 is 14.4 Å². The number of aliphatic hydroxyl groups is 1. The van der Waals surface area contributed by atoms with Crippen LogP contribution in [0.2, 0.25) is 5.02 Å². The van der Waals surface area contributed by atoms with E-state index in [1.54, 1.807) is 29.0 Å². The molecule has 2 rings (SSSR count). The molecule has 0 saturated heterocycles. The number of hydrogen-bond donors (Lipinski definition) is 1. The molecule has 1 heterocycles. The summed E-state index contributed by atoms with van der Waals surface area (Å²) >= 11 is 5.92. The van der Waals surface area contributed by atoms with Gasteiger partial charge in [0.05, 0.1) is 5.69 Å².